The van der Waals surface area contributed by atoms with Crippen molar-refractivity contribution in [2.24, 2.45) is 0 Å². The standard InChI is InChI=1S/C19H14F6N2O4/c1-2-31-17(30)13-5-3-4-6-14(13)27-16(29)15(28)26-12-8-10(18(20,21)22)7-11(9-12)19(23,24)25/h3-9H,2H2,1H3,(H,26,28)(H,27,29). The van der Waals surface area contributed by atoms with Crippen molar-refractivity contribution in [2.75, 3.05) is 17.2 Å². The molecule has 31 heavy (non-hydrogen) atoms. The van der Waals surface area contributed by atoms with Crippen LogP contribution in [0.1, 0.15) is 28.4 Å². The number of benzene rings is 2. The molecular formula is C19H14F6N2O4. The van der Waals surface area contributed by atoms with Gasteiger partial charge < -0.3 is 15.4 Å². The van der Waals surface area contributed by atoms with E-state index >= 15 is 0 Å². The van der Waals surface area contributed by atoms with Gasteiger partial charge in [-0.1, -0.05) is 12.1 Å². The van der Waals surface area contributed by atoms with Crippen molar-refractivity contribution in [3.05, 3.63) is 59.2 Å². The fourth-order valence-electron chi connectivity index (χ4n) is 2.37. The lowest BCUT2D eigenvalue weighted by Gasteiger charge is -2.15. The van der Waals surface area contributed by atoms with Gasteiger partial charge in [0.25, 0.3) is 0 Å². The SMILES string of the molecule is CCOC(=O)c1ccccc1NC(=O)C(=O)Nc1cc(C(F)(F)F)cc(C(F)(F)F)c1. The first-order valence-electron chi connectivity index (χ1n) is 8.51. The molecule has 2 rings (SSSR count). The minimum absolute atomic E-state index is 0.0265. The summed E-state index contributed by atoms with van der Waals surface area (Å²) in [5.74, 6) is -3.79. The molecule has 166 valence electrons. The Labute approximate surface area is 171 Å². The van der Waals surface area contributed by atoms with Gasteiger partial charge in [-0.05, 0) is 37.3 Å². The predicted molar refractivity (Wildman–Crippen MR) is 96.1 cm³/mol. The van der Waals surface area contributed by atoms with E-state index in [1.807, 2.05) is 0 Å². The number of hydrogen-bond donors (Lipinski definition) is 2. The molecule has 0 aliphatic heterocycles. The number of esters is 1. The zero-order valence-corrected chi connectivity index (χ0v) is 15.6. The van der Waals surface area contributed by atoms with Gasteiger partial charge >= 0.3 is 30.1 Å². The molecule has 0 bridgehead atoms. The number of halogens is 6. The van der Waals surface area contributed by atoms with Crippen LogP contribution in [0.3, 0.4) is 0 Å². The molecule has 0 atom stereocenters. The van der Waals surface area contributed by atoms with Crippen LogP contribution in [0.4, 0.5) is 37.7 Å². The number of rotatable bonds is 4. The summed E-state index contributed by atoms with van der Waals surface area (Å²) in [7, 11) is 0. The van der Waals surface area contributed by atoms with E-state index in [0.29, 0.717) is 0 Å². The molecule has 12 heteroatoms. The van der Waals surface area contributed by atoms with Crippen molar-refractivity contribution in [1.29, 1.82) is 0 Å². The first-order valence-corrected chi connectivity index (χ1v) is 8.51. The first kappa shape index (κ1) is 23.7. The Hall–Kier alpha value is -3.57. The number of alkyl halides is 6. The van der Waals surface area contributed by atoms with Crippen LogP contribution in [0.5, 0.6) is 0 Å². The van der Waals surface area contributed by atoms with E-state index in [9.17, 15) is 40.7 Å². The molecular weight excluding hydrogens is 434 g/mol. The number of anilines is 2. The average molecular weight is 448 g/mol. The molecule has 0 unspecified atom stereocenters. The minimum atomic E-state index is -5.12. The van der Waals surface area contributed by atoms with Gasteiger partial charge in [-0.15, -0.1) is 0 Å². The van der Waals surface area contributed by atoms with E-state index in [2.05, 4.69) is 5.32 Å². The molecule has 0 aliphatic carbocycles. The summed E-state index contributed by atoms with van der Waals surface area (Å²) >= 11 is 0. The maximum atomic E-state index is 12.9. The van der Waals surface area contributed by atoms with E-state index in [1.54, 1.807) is 5.32 Å². The highest BCUT2D eigenvalue weighted by Crippen LogP contribution is 2.37. The predicted octanol–water partition coefficient (Wildman–Crippen LogP) is 4.48. The van der Waals surface area contributed by atoms with Gasteiger partial charge in [-0.3, -0.25) is 9.59 Å². The molecule has 2 amide bonds. The number of hydrogen-bond acceptors (Lipinski definition) is 4. The summed E-state index contributed by atoms with van der Waals surface area (Å²) in [6.45, 7) is 1.56. The second-order valence-corrected chi connectivity index (χ2v) is 5.97. The van der Waals surface area contributed by atoms with Crippen molar-refractivity contribution in [2.45, 2.75) is 19.3 Å². The van der Waals surface area contributed by atoms with Crippen molar-refractivity contribution in [3.63, 3.8) is 0 Å². The Morgan fingerprint density at radius 2 is 1.35 bits per heavy atom. The number of nitrogens with one attached hydrogen (secondary N) is 2. The Morgan fingerprint density at radius 1 is 0.839 bits per heavy atom. The van der Waals surface area contributed by atoms with E-state index in [-0.39, 0.29) is 36.1 Å². The number of amides is 2. The number of ether oxygens (including phenoxy) is 1. The first-order chi connectivity index (χ1) is 14.3. The van der Waals surface area contributed by atoms with Gasteiger partial charge in [0.15, 0.2) is 0 Å². The van der Waals surface area contributed by atoms with Gasteiger partial charge in [0.2, 0.25) is 0 Å². The van der Waals surface area contributed by atoms with Crippen LogP contribution in [0.2, 0.25) is 0 Å². The molecule has 0 fully saturated rings. The van der Waals surface area contributed by atoms with Gasteiger partial charge in [0, 0.05) is 5.69 Å². The zero-order chi connectivity index (χ0) is 23.4. The largest absolute Gasteiger partial charge is 0.462 e. The van der Waals surface area contributed by atoms with Gasteiger partial charge in [0.05, 0.1) is 29.0 Å². The Bertz CT molecular complexity index is 969. The number of carbonyl (C=O) groups excluding carboxylic acids is 3. The highest BCUT2D eigenvalue weighted by molar-refractivity contribution is 6.44. The molecule has 2 aromatic carbocycles. The molecule has 0 aliphatic rings. The Balaban J connectivity index is 2.26. The third-order valence-electron chi connectivity index (χ3n) is 3.72. The minimum Gasteiger partial charge on any atom is -0.462 e. The summed E-state index contributed by atoms with van der Waals surface area (Å²) in [6.07, 6.45) is -10.2. The van der Waals surface area contributed by atoms with Crippen LogP contribution in [-0.4, -0.2) is 24.4 Å². The van der Waals surface area contributed by atoms with Gasteiger partial charge in [-0.2, -0.15) is 26.3 Å². The summed E-state index contributed by atoms with van der Waals surface area (Å²) in [6, 6.07) is 5.80. The second-order valence-electron chi connectivity index (χ2n) is 5.97. The smallest absolute Gasteiger partial charge is 0.416 e. The lowest BCUT2D eigenvalue weighted by Crippen LogP contribution is -2.30. The Morgan fingerprint density at radius 3 is 1.87 bits per heavy atom. The third kappa shape index (κ3) is 6.20. The molecule has 2 aromatic rings. The molecule has 0 radical (unpaired) electrons. The van der Waals surface area contributed by atoms with Crippen LogP contribution in [0.25, 0.3) is 0 Å². The molecule has 0 saturated carbocycles. The molecule has 2 N–H and O–H groups in total. The van der Waals surface area contributed by atoms with Crippen LogP contribution in [-0.2, 0) is 26.7 Å². The van der Waals surface area contributed by atoms with E-state index < -0.39 is 47.0 Å². The monoisotopic (exact) mass is 448 g/mol. The fourth-order valence-corrected chi connectivity index (χ4v) is 2.37. The van der Waals surface area contributed by atoms with Crippen molar-refractivity contribution in [3.8, 4) is 0 Å². The molecule has 0 heterocycles. The summed E-state index contributed by atoms with van der Waals surface area (Å²) < 4.78 is 82.2. The molecule has 0 saturated heterocycles. The lowest BCUT2D eigenvalue weighted by molar-refractivity contribution is -0.143. The maximum Gasteiger partial charge on any atom is 0.416 e. The van der Waals surface area contributed by atoms with E-state index in [1.165, 1.54) is 31.2 Å². The third-order valence-corrected chi connectivity index (χ3v) is 3.72. The van der Waals surface area contributed by atoms with Gasteiger partial charge in [0.1, 0.15) is 0 Å². The molecule has 0 aromatic heterocycles. The average Bonchev–Trinajstić information content (AvgIpc) is 2.67. The van der Waals surface area contributed by atoms with Crippen LogP contribution in [0.15, 0.2) is 42.5 Å². The zero-order valence-electron chi connectivity index (χ0n) is 15.6. The normalized spacial score (nSPS) is 11.6. The highest BCUT2D eigenvalue weighted by atomic mass is 19.4. The van der Waals surface area contributed by atoms with Crippen LogP contribution >= 0.6 is 0 Å². The van der Waals surface area contributed by atoms with Crippen LogP contribution < -0.4 is 10.6 Å². The van der Waals surface area contributed by atoms with Crippen molar-refractivity contribution in [1.82, 2.24) is 0 Å². The lowest BCUT2D eigenvalue weighted by atomic mass is 10.1. The summed E-state index contributed by atoms with van der Waals surface area (Å²) in [5, 5.41) is 3.76. The van der Waals surface area contributed by atoms with Gasteiger partial charge in [-0.25, -0.2) is 4.79 Å². The maximum absolute atomic E-state index is 12.9. The summed E-state index contributed by atoms with van der Waals surface area (Å²) in [5.41, 5.74) is -4.46. The van der Waals surface area contributed by atoms with Crippen LogP contribution in [0, 0.1) is 0 Å². The molecule has 6 nitrogen and oxygen atoms in total. The molecule has 0 spiro atoms. The van der Waals surface area contributed by atoms with Crippen molar-refractivity contribution < 1.29 is 45.5 Å². The highest BCUT2D eigenvalue weighted by Gasteiger charge is 2.37. The topological polar surface area (TPSA) is 84.5 Å². The number of carbonyl (C=O) groups is 3. The van der Waals surface area contributed by atoms with E-state index in [0.717, 1.165) is 0 Å². The Kier molecular flexibility index (Phi) is 6.93. The quantitative estimate of drug-likeness (QED) is 0.411. The fraction of sp³-hybridized carbons (Fsp3) is 0.211. The van der Waals surface area contributed by atoms with Crippen molar-refractivity contribution >= 4 is 29.2 Å². The second kappa shape index (κ2) is 9.06. The number of para-hydroxylation sites is 1. The summed E-state index contributed by atoms with van der Waals surface area (Å²) in [4.78, 5) is 36.0. The van der Waals surface area contributed by atoms with E-state index in [4.69, 9.17) is 4.74 Å².